The van der Waals surface area contributed by atoms with Crippen LogP contribution in [0.2, 0.25) is 0 Å². The number of nitrogens with zero attached hydrogens (tertiary/aromatic N) is 3. The quantitative estimate of drug-likeness (QED) is 0.797. The van der Waals surface area contributed by atoms with Gasteiger partial charge in [-0.15, -0.1) is 4.65 Å². The summed E-state index contributed by atoms with van der Waals surface area (Å²) in [5, 5.41) is 0. The molecule has 1 aliphatic rings. The zero-order chi connectivity index (χ0) is 16.5. The van der Waals surface area contributed by atoms with Crippen LogP contribution in [0.15, 0.2) is 29.3 Å². The van der Waals surface area contributed by atoms with Crippen LogP contribution in [0.4, 0.5) is 13.2 Å². The van der Waals surface area contributed by atoms with E-state index < -0.39 is 12.4 Å². The number of rotatable bonds is 4. The molecular weight excluding hydrogens is 295 g/mol. The molecule has 2 rings (SSSR count). The van der Waals surface area contributed by atoms with Gasteiger partial charge in [0.1, 0.15) is 13.6 Å². The Bertz CT molecular complexity index is 554. The van der Waals surface area contributed by atoms with Crippen molar-refractivity contribution < 1.29 is 22.7 Å². The van der Waals surface area contributed by atoms with E-state index in [2.05, 4.69) is 4.99 Å². The second-order valence-corrected chi connectivity index (χ2v) is 5.70. The summed E-state index contributed by atoms with van der Waals surface area (Å²) in [4.78, 5) is 10.9. The van der Waals surface area contributed by atoms with Crippen LogP contribution in [-0.2, 0) is 4.84 Å². The third-order valence-corrected chi connectivity index (χ3v) is 3.44. The Morgan fingerprint density at radius 1 is 1.27 bits per heavy atom. The monoisotopic (exact) mass is 314 g/mol. The first-order valence-corrected chi connectivity index (χ1v) is 6.81. The lowest BCUT2D eigenvalue weighted by Crippen LogP contribution is -2.51. The van der Waals surface area contributed by atoms with Gasteiger partial charge in [0.25, 0.3) is 5.84 Å². The second-order valence-electron chi connectivity index (χ2n) is 5.70. The van der Waals surface area contributed by atoms with E-state index in [1.807, 2.05) is 19.0 Å². The van der Waals surface area contributed by atoms with Crippen LogP contribution in [0.1, 0.15) is 11.1 Å². The maximum atomic E-state index is 13.0. The Labute approximate surface area is 128 Å². The van der Waals surface area contributed by atoms with Crippen molar-refractivity contribution in [1.82, 2.24) is 4.90 Å². The van der Waals surface area contributed by atoms with Crippen molar-refractivity contribution in [3.05, 3.63) is 42.3 Å². The highest BCUT2D eigenvalue weighted by atomic mass is 19.4. The Balaban J connectivity index is 2.36. The smallest absolute Gasteiger partial charge is 0.304 e. The van der Waals surface area contributed by atoms with Crippen LogP contribution < -0.4 is 0 Å². The topological polar surface area (TPSA) is 24.8 Å². The van der Waals surface area contributed by atoms with Crippen molar-refractivity contribution in [3.63, 3.8) is 0 Å². The van der Waals surface area contributed by atoms with Crippen molar-refractivity contribution in [1.29, 1.82) is 0 Å². The minimum absolute atomic E-state index is 0.254. The van der Waals surface area contributed by atoms with E-state index in [4.69, 9.17) is 11.8 Å². The number of likely N-dealkylation sites (N-methyl/N-ethyl adjacent to an activating group) is 2. The van der Waals surface area contributed by atoms with E-state index in [0.29, 0.717) is 24.2 Å². The Morgan fingerprint density at radius 2 is 1.86 bits per heavy atom. The molecule has 0 N–H and O–H groups in total. The standard InChI is InChI=1S/C15H19F3N3O/c1-11-5-7-12(8-6-11)13-19-14(15(16,17)18)22-21(13,4)10-9-20(2)3/h1,5-8,14H,9-10H2,2-4H3/q+1. The lowest BCUT2D eigenvalue weighted by Gasteiger charge is -2.28. The number of alkyl halides is 3. The predicted octanol–water partition coefficient (Wildman–Crippen LogP) is 2.33. The summed E-state index contributed by atoms with van der Waals surface area (Å²) < 4.78 is 38.6. The van der Waals surface area contributed by atoms with Gasteiger partial charge in [-0.25, -0.2) is 0 Å². The summed E-state index contributed by atoms with van der Waals surface area (Å²) in [5.41, 5.74) is 1.11. The minimum Gasteiger partial charge on any atom is -0.304 e. The fraction of sp³-hybridized carbons (Fsp3) is 0.467. The van der Waals surface area contributed by atoms with E-state index in [1.165, 1.54) is 0 Å². The molecule has 1 aliphatic heterocycles. The van der Waals surface area contributed by atoms with Gasteiger partial charge in [0, 0.05) is 0 Å². The molecule has 0 fully saturated rings. The van der Waals surface area contributed by atoms with Crippen molar-refractivity contribution in [3.8, 4) is 0 Å². The lowest BCUT2D eigenvalue weighted by molar-refractivity contribution is -1.02. The SMILES string of the molecule is [CH]c1ccc(C2=NC(C(F)(F)F)O[N+]2(C)CCN(C)C)cc1. The third kappa shape index (κ3) is 3.66. The van der Waals surface area contributed by atoms with Crippen LogP contribution in [0.25, 0.3) is 0 Å². The van der Waals surface area contributed by atoms with E-state index in [0.717, 1.165) is 0 Å². The summed E-state index contributed by atoms with van der Waals surface area (Å²) in [6, 6.07) is 6.58. The highest BCUT2D eigenvalue weighted by molar-refractivity contribution is 5.94. The van der Waals surface area contributed by atoms with E-state index >= 15 is 0 Å². The first-order chi connectivity index (χ1) is 10.1. The molecular formula is C15H19F3N3O+. The summed E-state index contributed by atoms with van der Waals surface area (Å²) in [6.45, 7) is 6.54. The van der Waals surface area contributed by atoms with Gasteiger partial charge in [-0.3, -0.25) is 0 Å². The molecule has 1 aromatic rings. The summed E-state index contributed by atoms with van der Waals surface area (Å²) in [5.74, 6) is 0.254. The lowest BCUT2D eigenvalue weighted by atomic mass is 10.1. The number of halogens is 3. The first-order valence-electron chi connectivity index (χ1n) is 6.81. The van der Waals surface area contributed by atoms with Crippen molar-refractivity contribution >= 4 is 5.84 Å². The maximum absolute atomic E-state index is 13.0. The summed E-state index contributed by atoms with van der Waals surface area (Å²) in [6.07, 6.45) is -6.68. The Hall–Kier alpha value is -1.44. The van der Waals surface area contributed by atoms with E-state index in [-0.39, 0.29) is 10.5 Å². The maximum Gasteiger partial charge on any atom is 0.441 e. The molecule has 2 radical (unpaired) electrons. The molecule has 7 heteroatoms. The number of quaternary nitrogens is 1. The molecule has 2 atom stereocenters. The highest BCUT2D eigenvalue weighted by Gasteiger charge is 2.54. The average Bonchev–Trinajstić information content (AvgIpc) is 2.76. The van der Waals surface area contributed by atoms with E-state index in [9.17, 15) is 13.2 Å². The number of hydroxylamine groups is 3. The van der Waals surface area contributed by atoms with Crippen LogP contribution in [0.5, 0.6) is 0 Å². The number of hydrogen-bond acceptors (Lipinski definition) is 3. The zero-order valence-electron chi connectivity index (χ0n) is 12.8. The number of amidine groups is 1. The summed E-state index contributed by atoms with van der Waals surface area (Å²) in [7, 11) is 5.29. The Kier molecular flexibility index (Phi) is 4.60. The van der Waals surface area contributed by atoms with Gasteiger partial charge in [-0.05, 0) is 38.7 Å². The van der Waals surface area contributed by atoms with Gasteiger partial charge in [0.15, 0.2) is 0 Å². The molecule has 0 aromatic heterocycles. The first kappa shape index (κ1) is 16.9. The fourth-order valence-electron chi connectivity index (χ4n) is 2.19. The van der Waals surface area contributed by atoms with Crippen LogP contribution in [-0.4, -0.2) is 62.0 Å². The van der Waals surface area contributed by atoms with E-state index in [1.54, 1.807) is 31.3 Å². The molecule has 4 nitrogen and oxygen atoms in total. The number of hydrogen-bond donors (Lipinski definition) is 0. The van der Waals surface area contributed by atoms with Gasteiger partial charge in [0.2, 0.25) is 0 Å². The van der Waals surface area contributed by atoms with Gasteiger partial charge in [-0.2, -0.15) is 23.0 Å². The predicted molar refractivity (Wildman–Crippen MR) is 76.9 cm³/mol. The van der Waals surface area contributed by atoms with Gasteiger partial charge < -0.3 is 4.90 Å². The number of benzene rings is 1. The molecule has 1 aromatic carbocycles. The molecule has 2 unspecified atom stereocenters. The van der Waals surface area contributed by atoms with Gasteiger partial charge in [-0.1, -0.05) is 12.1 Å². The average molecular weight is 314 g/mol. The molecule has 0 bridgehead atoms. The molecule has 22 heavy (non-hydrogen) atoms. The van der Waals surface area contributed by atoms with Crippen LogP contribution in [0.3, 0.4) is 0 Å². The molecule has 0 spiro atoms. The van der Waals surface area contributed by atoms with Crippen molar-refractivity contribution in [2.75, 3.05) is 34.2 Å². The second kappa shape index (κ2) is 5.98. The molecule has 0 saturated heterocycles. The molecule has 1 heterocycles. The number of aliphatic imine (C=N–C) groups is 1. The van der Waals surface area contributed by atoms with Crippen molar-refractivity contribution in [2.45, 2.75) is 12.4 Å². The van der Waals surface area contributed by atoms with Crippen LogP contribution >= 0.6 is 0 Å². The molecule has 0 saturated carbocycles. The highest BCUT2D eigenvalue weighted by Crippen LogP contribution is 2.33. The zero-order valence-corrected chi connectivity index (χ0v) is 12.8. The van der Waals surface area contributed by atoms with Gasteiger partial charge in [0.05, 0.1) is 12.1 Å². The van der Waals surface area contributed by atoms with Gasteiger partial charge >= 0.3 is 12.4 Å². The summed E-state index contributed by atoms with van der Waals surface area (Å²) >= 11 is 0. The van der Waals surface area contributed by atoms with Crippen LogP contribution in [0, 0.1) is 6.92 Å². The molecule has 0 aliphatic carbocycles. The minimum atomic E-state index is -4.53. The fourth-order valence-corrected chi connectivity index (χ4v) is 2.19. The Morgan fingerprint density at radius 3 is 2.36 bits per heavy atom. The molecule has 120 valence electrons. The normalized spacial score (nSPS) is 25.6. The van der Waals surface area contributed by atoms with Crippen molar-refractivity contribution in [2.24, 2.45) is 4.99 Å². The molecule has 0 amide bonds. The largest absolute Gasteiger partial charge is 0.441 e. The third-order valence-electron chi connectivity index (χ3n) is 3.44.